The van der Waals surface area contributed by atoms with Gasteiger partial charge in [-0.05, 0) is 32.2 Å². The van der Waals surface area contributed by atoms with Gasteiger partial charge in [-0.15, -0.1) is 11.8 Å². The molecule has 1 spiro atoms. The summed E-state index contributed by atoms with van der Waals surface area (Å²) in [5.41, 5.74) is 0.201. The van der Waals surface area contributed by atoms with Crippen molar-refractivity contribution >= 4 is 23.6 Å². The molecule has 3 fully saturated rings. The highest BCUT2D eigenvalue weighted by atomic mass is 32.2. The highest BCUT2D eigenvalue weighted by Crippen LogP contribution is 2.36. The van der Waals surface area contributed by atoms with Crippen LogP contribution in [0.25, 0.3) is 0 Å². The minimum absolute atomic E-state index is 0.0270. The summed E-state index contributed by atoms with van der Waals surface area (Å²) in [6.07, 6.45) is 8.17. The Morgan fingerprint density at radius 2 is 1.79 bits per heavy atom. The number of nitrogens with one attached hydrogen (secondary N) is 1. The molecular formula is C14H22N2O2S. The third-order valence-electron chi connectivity index (χ3n) is 4.77. The number of imide groups is 1. The minimum atomic E-state index is 0.0270. The maximum atomic E-state index is 12.0. The molecule has 1 N–H and O–H groups in total. The van der Waals surface area contributed by atoms with Gasteiger partial charge in [0.2, 0.25) is 11.8 Å². The van der Waals surface area contributed by atoms with Crippen LogP contribution in [0.15, 0.2) is 0 Å². The van der Waals surface area contributed by atoms with Crippen LogP contribution >= 0.6 is 11.8 Å². The Kier molecular flexibility index (Phi) is 3.85. The Morgan fingerprint density at radius 3 is 2.47 bits per heavy atom. The molecule has 1 saturated carbocycles. The van der Waals surface area contributed by atoms with Crippen LogP contribution in [0, 0.1) is 0 Å². The van der Waals surface area contributed by atoms with E-state index >= 15 is 0 Å². The lowest BCUT2D eigenvalue weighted by molar-refractivity contribution is -0.146. The first-order chi connectivity index (χ1) is 9.20. The second-order valence-corrected chi connectivity index (χ2v) is 7.05. The van der Waals surface area contributed by atoms with Crippen LogP contribution in [0.1, 0.15) is 44.9 Å². The minimum Gasteiger partial charge on any atom is -0.311 e. The summed E-state index contributed by atoms with van der Waals surface area (Å²) < 4.78 is 0. The number of thioether (sulfide) groups is 1. The van der Waals surface area contributed by atoms with Crippen LogP contribution in [-0.4, -0.2) is 46.3 Å². The molecule has 1 unspecified atom stereocenters. The second kappa shape index (κ2) is 5.44. The highest BCUT2D eigenvalue weighted by molar-refractivity contribution is 8.00. The average molecular weight is 282 g/mol. The lowest BCUT2D eigenvalue weighted by Crippen LogP contribution is -2.60. The number of nitrogens with zero attached hydrogens (tertiary/aromatic N) is 1. The molecule has 0 aromatic carbocycles. The van der Waals surface area contributed by atoms with E-state index in [4.69, 9.17) is 0 Å². The molecule has 19 heavy (non-hydrogen) atoms. The third kappa shape index (κ3) is 2.68. The fourth-order valence-electron chi connectivity index (χ4n) is 3.87. The molecule has 0 aromatic heterocycles. The van der Waals surface area contributed by atoms with E-state index in [0.29, 0.717) is 11.5 Å². The first kappa shape index (κ1) is 13.4. The Labute approximate surface area is 118 Å². The maximum absolute atomic E-state index is 12.0. The van der Waals surface area contributed by atoms with Gasteiger partial charge in [0.1, 0.15) is 0 Å². The number of amides is 2. The van der Waals surface area contributed by atoms with Gasteiger partial charge in [-0.3, -0.25) is 14.5 Å². The van der Waals surface area contributed by atoms with Crippen molar-refractivity contribution in [2.45, 2.75) is 56.5 Å². The van der Waals surface area contributed by atoms with E-state index in [-0.39, 0.29) is 23.4 Å². The molecule has 1 aliphatic carbocycles. The maximum Gasteiger partial charge on any atom is 0.239 e. The molecule has 0 aromatic rings. The Morgan fingerprint density at radius 1 is 1.11 bits per heavy atom. The number of hydrogen-bond acceptors (Lipinski definition) is 4. The number of carbonyl (C=O) groups excluding carboxylic acids is 2. The van der Waals surface area contributed by atoms with Crippen LogP contribution in [0.2, 0.25) is 0 Å². The molecule has 0 bridgehead atoms. The largest absolute Gasteiger partial charge is 0.311 e. The van der Waals surface area contributed by atoms with Crippen molar-refractivity contribution in [3.8, 4) is 0 Å². The lowest BCUT2D eigenvalue weighted by Gasteiger charge is -2.47. The molecule has 3 aliphatic rings. The van der Waals surface area contributed by atoms with Crippen LogP contribution in [-0.2, 0) is 9.59 Å². The molecule has 5 heteroatoms. The van der Waals surface area contributed by atoms with E-state index in [9.17, 15) is 9.59 Å². The predicted molar refractivity (Wildman–Crippen MR) is 76.0 cm³/mol. The molecule has 2 amide bonds. The van der Waals surface area contributed by atoms with Gasteiger partial charge in [0.05, 0.1) is 11.5 Å². The topological polar surface area (TPSA) is 49.4 Å². The van der Waals surface area contributed by atoms with Crippen molar-refractivity contribution in [2.75, 3.05) is 18.1 Å². The molecule has 106 valence electrons. The van der Waals surface area contributed by atoms with Gasteiger partial charge in [-0.25, -0.2) is 0 Å². The first-order valence-corrected chi connectivity index (χ1v) is 8.53. The van der Waals surface area contributed by atoms with E-state index in [0.717, 1.165) is 19.4 Å². The van der Waals surface area contributed by atoms with Gasteiger partial charge in [-0.2, -0.15) is 0 Å². The third-order valence-corrected chi connectivity index (χ3v) is 5.67. The molecule has 2 saturated heterocycles. The summed E-state index contributed by atoms with van der Waals surface area (Å²) in [5.74, 6) is 1.00. The summed E-state index contributed by atoms with van der Waals surface area (Å²) in [6.45, 7) is 0.939. The van der Waals surface area contributed by atoms with Crippen LogP contribution in [0.4, 0.5) is 0 Å². The Bertz CT molecular complexity index is 358. The van der Waals surface area contributed by atoms with Crippen LogP contribution < -0.4 is 5.32 Å². The zero-order valence-electron chi connectivity index (χ0n) is 11.3. The number of carbonyl (C=O) groups is 2. The van der Waals surface area contributed by atoms with Crippen LogP contribution in [0.5, 0.6) is 0 Å². The zero-order chi connectivity index (χ0) is 13.3. The zero-order valence-corrected chi connectivity index (χ0v) is 12.1. The predicted octanol–water partition coefficient (Wildman–Crippen LogP) is 1.54. The van der Waals surface area contributed by atoms with Crippen molar-refractivity contribution in [2.24, 2.45) is 0 Å². The van der Waals surface area contributed by atoms with Gasteiger partial charge in [-0.1, -0.05) is 19.3 Å². The molecule has 1 atom stereocenters. The van der Waals surface area contributed by atoms with E-state index in [2.05, 4.69) is 5.32 Å². The van der Waals surface area contributed by atoms with Gasteiger partial charge in [0.25, 0.3) is 0 Å². The van der Waals surface area contributed by atoms with Gasteiger partial charge in [0.15, 0.2) is 0 Å². The molecular weight excluding hydrogens is 260 g/mol. The van der Waals surface area contributed by atoms with E-state index < -0.39 is 0 Å². The molecule has 4 nitrogen and oxygen atoms in total. The second-order valence-electron chi connectivity index (χ2n) is 6.06. The van der Waals surface area contributed by atoms with Crippen molar-refractivity contribution in [1.29, 1.82) is 0 Å². The standard InChI is InChI=1S/C14H22N2O2S/c17-12-9-19-10-13(18)16(12)11-4-7-15-14(8-11)5-2-1-3-6-14/h11,15H,1-10H2. The van der Waals surface area contributed by atoms with Crippen molar-refractivity contribution in [3.63, 3.8) is 0 Å². The summed E-state index contributed by atoms with van der Waals surface area (Å²) >= 11 is 1.45. The van der Waals surface area contributed by atoms with E-state index in [1.54, 1.807) is 4.90 Å². The monoisotopic (exact) mass is 282 g/mol. The first-order valence-electron chi connectivity index (χ1n) is 7.38. The van der Waals surface area contributed by atoms with Crippen LogP contribution in [0.3, 0.4) is 0 Å². The Balaban J connectivity index is 1.73. The van der Waals surface area contributed by atoms with Crippen molar-refractivity contribution < 1.29 is 9.59 Å². The molecule has 2 aliphatic heterocycles. The average Bonchev–Trinajstić information content (AvgIpc) is 2.39. The Hall–Kier alpha value is -0.550. The number of piperidine rings is 1. The molecule has 3 rings (SSSR count). The molecule has 2 heterocycles. The van der Waals surface area contributed by atoms with E-state index in [1.807, 2.05) is 0 Å². The smallest absolute Gasteiger partial charge is 0.239 e. The number of rotatable bonds is 1. The summed E-state index contributed by atoms with van der Waals surface area (Å²) in [7, 11) is 0. The fraction of sp³-hybridized carbons (Fsp3) is 0.857. The van der Waals surface area contributed by atoms with Gasteiger partial charge < -0.3 is 5.32 Å². The van der Waals surface area contributed by atoms with Gasteiger partial charge >= 0.3 is 0 Å². The summed E-state index contributed by atoms with van der Waals surface area (Å²) in [5, 5.41) is 3.68. The number of hydrogen-bond donors (Lipinski definition) is 1. The fourth-order valence-corrected chi connectivity index (χ4v) is 4.60. The molecule has 0 radical (unpaired) electrons. The van der Waals surface area contributed by atoms with Crippen molar-refractivity contribution in [1.82, 2.24) is 10.2 Å². The SMILES string of the molecule is O=C1CSCC(=O)N1C1CCNC2(CCCCC2)C1. The van der Waals surface area contributed by atoms with E-state index in [1.165, 1.54) is 43.9 Å². The summed E-state index contributed by atoms with van der Waals surface area (Å²) in [4.78, 5) is 25.7. The van der Waals surface area contributed by atoms with Crippen molar-refractivity contribution in [3.05, 3.63) is 0 Å². The highest BCUT2D eigenvalue weighted by Gasteiger charge is 2.42. The quantitative estimate of drug-likeness (QED) is 0.741. The lowest BCUT2D eigenvalue weighted by atomic mass is 9.74. The normalized spacial score (nSPS) is 31.8. The summed E-state index contributed by atoms with van der Waals surface area (Å²) in [6, 6.07) is 0.139. The van der Waals surface area contributed by atoms with Gasteiger partial charge in [0, 0.05) is 11.6 Å².